The summed E-state index contributed by atoms with van der Waals surface area (Å²) in [6.45, 7) is 4.82. The molecule has 0 unspecified atom stereocenters. The Morgan fingerprint density at radius 1 is 1.18 bits per heavy atom. The molecule has 0 bridgehead atoms. The van der Waals surface area contributed by atoms with E-state index < -0.39 is 0 Å². The number of aromatic nitrogens is 2. The summed E-state index contributed by atoms with van der Waals surface area (Å²) in [7, 11) is 0. The number of anilines is 1. The third-order valence-electron chi connectivity index (χ3n) is 4.74. The molecule has 1 aromatic rings. The molecule has 1 atom stereocenters. The minimum atomic E-state index is -0.258. The maximum Gasteiger partial charge on any atom is 0.219 e. The fourth-order valence-electron chi connectivity index (χ4n) is 3.36. The van der Waals surface area contributed by atoms with Gasteiger partial charge in [0.25, 0.3) is 0 Å². The first-order chi connectivity index (χ1) is 10.6. The number of likely N-dealkylation sites (tertiary alicyclic amines) is 1. The summed E-state index contributed by atoms with van der Waals surface area (Å²) in [4.78, 5) is 24.5. The van der Waals surface area contributed by atoms with Gasteiger partial charge in [0.1, 0.15) is 5.82 Å². The molecule has 1 N–H and O–H groups in total. The van der Waals surface area contributed by atoms with Crippen LogP contribution in [0.2, 0.25) is 0 Å². The van der Waals surface area contributed by atoms with E-state index in [4.69, 9.17) is 0 Å². The van der Waals surface area contributed by atoms with Crippen molar-refractivity contribution in [1.29, 1.82) is 0 Å². The van der Waals surface area contributed by atoms with Crippen molar-refractivity contribution < 1.29 is 9.90 Å². The monoisotopic (exact) mass is 304 g/mol. The average Bonchev–Trinajstić information content (AvgIpc) is 2.55. The van der Waals surface area contributed by atoms with Gasteiger partial charge in [-0.15, -0.1) is 0 Å². The Hall–Kier alpha value is -1.69. The molecule has 1 amide bonds. The van der Waals surface area contributed by atoms with Crippen LogP contribution in [-0.2, 0) is 4.79 Å². The van der Waals surface area contributed by atoms with E-state index in [9.17, 15) is 9.90 Å². The first kappa shape index (κ1) is 15.2. The molecule has 0 aromatic carbocycles. The van der Waals surface area contributed by atoms with Crippen LogP contribution >= 0.6 is 0 Å². The van der Waals surface area contributed by atoms with E-state index in [0.29, 0.717) is 12.5 Å². The van der Waals surface area contributed by atoms with E-state index in [-0.39, 0.29) is 12.0 Å². The van der Waals surface area contributed by atoms with Gasteiger partial charge in [0.2, 0.25) is 5.91 Å². The smallest absolute Gasteiger partial charge is 0.219 e. The van der Waals surface area contributed by atoms with Crippen molar-refractivity contribution in [2.24, 2.45) is 0 Å². The number of β-amino-alcohol motifs (C(OH)–C–C–N with tert-alkyl or cyclic N) is 1. The SMILES string of the molecule is CC(=O)N1CCC(c2cnc(N3CCC[C@H](O)C3)cn2)CC1. The highest BCUT2D eigenvalue weighted by Crippen LogP contribution is 2.27. The van der Waals surface area contributed by atoms with Gasteiger partial charge in [0, 0.05) is 39.0 Å². The lowest BCUT2D eigenvalue weighted by Gasteiger charge is -2.32. The normalized spacial score (nSPS) is 23.6. The average molecular weight is 304 g/mol. The van der Waals surface area contributed by atoms with E-state index in [0.717, 1.165) is 56.8 Å². The molecular formula is C16H24N4O2. The Labute approximate surface area is 131 Å². The van der Waals surface area contributed by atoms with Crippen LogP contribution in [0.25, 0.3) is 0 Å². The van der Waals surface area contributed by atoms with Crippen molar-refractivity contribution in [1.82, 2.24) is 14.9 Å². The summed E-state index contributed by atoms with van der Waals surface area (Å²) in [5, 5.41) is 9.75. The van der Waals surface area contributed by atoms with E-state index >= 15 is 0 Å². The summed E-state index contributed by atoms with van der Waals surface area (Å²) in [6, 6.07) is 0. The maximum atomic E-state index is 11.4. The molecule has 3 heterocycles. The second kappa shape index (κ2) is 6.60. The van der Waals surface area contributed by atoms with Gasteiger partial charge in [-0.25, -0.2) is 4.98 Å². The number of rotatable bonds is 2. The highest BCUT2D eigenvalue weighted by atomic mass is 16.3. The minimum Gasteiger partial charge on any atom is -0.391 e. The summed E-state index contributed by atoms with van der Waals surface area (Å²) in [5.74, 6) is 1.40. The van der Waals surface area contributed by atoms with Crippen LogP contribution in [0.15, 0.2) is 12.4 Å². The van der Waals surface area contributed by atoms with Gasteiger partial charge < -0.3 is 14.9 Å². The van der Waals surface area contributed by atoms with Crippen LogP contribution < -0.4 is 4.90 Å². The highest BCUT2D eigenvalue weighted by molar-refractivity contribution is 5.73. The Morgan fingerprint density at radius 2 is 1.95 bits per heavy atom. The van der Waals surface area contributed by atoms with Crippen LogP contribution in [0.3, 0.4) is 0 Å². The third kappa shape index (κ3) is 3.38. The van der Waals surface area contributed by atoms with Crippen LogP contribution in [0.4, 0.5) is 5.82 Å². The van der Waals surface area contributed by atoms with Gasteiger partial charge in [-0.05, 0) is 25.7 Å². The molecule has 2 aliphatic rings. The number of aliphatic hydroxyl groups excluding tert-OH is 1. The minimum absolute atomic E-state index is 0.156. The number of aliphatic hydroxyl groups is 1. The van der Waals surface area contributed by atoms with Crippen LogP contribution in [0.1, 0.15) is 44.2 Å². The number of hydrogen-bond donors (Lipinski definition) is 1. The lowest BCUT2D eigenvalue weighted by molar-refractivity contribution is -0.129. The van der Waals surface area contributed by atoms with Gasteiger partial charge >= 0.3 is 0 Å². The molecule has 3 rings (SSSR count). The maximum absolute atomic E-state index is 11.4. The molecule has 6 nitrogen and oxygen atoms in total. The van der Waals surface area contributed by atoms with E-state index in [2.05, 4.69) is 14.9 Å². The lowest BCUT2D eigenvalue weighted by atomic mass is 9.94. The zero-order chi connectivity index (χ0) is 15.5. The first-order valence-corrected chi connectivity index (χ1v) is 8.14. The predicted molar refractivity (Wildman–Crippen MR) is 83.7 cm³/mol. The Morgan fingerprint density at radius 3 is 2.55 bits per heavy atom. The van der Waals surface area contributed by atoms with Gasteiger partial charge in [0.05, 0.1) is 24.2 Å². The third-order valence-corrected chi connectivity index (χ3v) is 4.74. The van der Waals surface area contributed by atoms with Crippen molar-refractivity contribution in [2.75, 3.05) is 31.1 Å². The fourth-order valence-corrected chi connectivity index (χ4v) is 3.36. The molecule has 0 spiro atoms. The standard InChI is InChI=1S/C16H24N4O2/c1-12(21)19-7-4-13(5-8-19)15-9-18-16(10-17-15)20-6-2-3-14(22)11-20/h9-10,13-14,22H,2-8,11H2,1H3/t14-/m0/s1. The first-order valence-electron chi connectivity index (χ1n) is 8.14. The quantitative estimate of drug-likeness (QED) is 0.888. The number of hydrogen-bond acceptors (Lipinski definition) is 5. The van der Waals surface area contributed by atoms with Gasteiger partial charge in [-0.3, -0.25) is 9.78 Å². The molecule has 0 aliphatic carbocycles. The van der Waals surface area contributed by atoms with E-state index in [1.807, 2.05) is 17.3 Å². The molecule has 120 valence electrons. The summed E-state index contributed by atoms with van der Waals surface area (Å²) in [5.41, 5.74) is 1.02. The van der Waals surface area contributed by atoms with Gasteiger partial charge in [-0.2, -0.15) is 0 Å². The van der Waals surface area contributed by atoms with E-state index in [1.54, 1.807) is 6.92 Å². The summed E-state index contributed by atoms with van der Waals surface area (Å²) in [6.07, 6.45) is 7.21. The topological polar surface area (TPSA) is 69.6 Å². The molecule has 2 saturated heterocycles. The Balaban J connectivity index is 1.61. The van der Waals surface area contributed by atoms with E-state index in [1.165, 1.54) is 0 Å². The van der Waals surface area contributed by atoms with Crippen molar-refractivity contribution >= 4 is 11.7 Å². The van der Waals surface area contributed by atoms with Crippen LogP contribution in [0, 0.1) is 0 Å². The molecule has 22 heavy (non-hydrogen) atoms. The van der Waals surface area contributed by atoms with Crippen molar-refractivity contribution in [2.45, 2.75) is 44.6 Å². The lowest BCUT2D eigenvalue weighted by Crippen LogP contribution is -2.39. The van der Waals surface area contributed by atoms with Crippen molar-refractivity contribution in [3.63, 3.8) is 0 Å². The number of piperidine rings is 2. The molecule has 0 radical (unpaired) electrons. The molecule has 1 aromatic heterocycles. The fraction of sp³-hybridized carbons (Fsp3) is 0.688. The van der Waals surface area contributed by atoms with Crippen LogP contribution in [0.5, 0.6) is 0 Å². The van der Waals surface area contributed by atoms with Gasteiger partial charge in [0.15, 0.2) is 0 Å². The number of nitrogens with zero attached hydrogens (tertiary/aromatic N) is 4. The summed E-state index contributed by atoms with van der Waals surface area (Å²) < 4.78 is 0. The zero-order valence-electron chi connectivity index (χ0n) is 13.1. The highest BCUT2D eigenvalue weighted by Gasteiger charge is 2.24. The summed E-state index contributed by atoms with van der Waals surface area (Å²) >= 11 is 0. The second-order valence-electron chi connectivity index (χ2n) is 6.32. The zero-order valence-corrected chi connectivity index (χ0v) is 13.1. The predicted octanol–water partition coefficient (Wildman–Crippen LogP) is 1.16. The molecule has 2 aliphatic heterocycles. The number of carbonyl (C=O) groups is 1. The Bertz CT molecular complexity index is 511. The molecule has 0 saturated carbocycles. The molecular weight excluding hydrogens is 280 g/mol. The Kier molecular flexibility index (Phi) is 4.57. The largest absolute Gasteiger partial charge is 0.391 e. The van der Waals surface area contributed by atoms with Crippen molar-refractivity contribution in [3.05, 3.63) is 18.1 Å². The number of carbonyl (C=O) groups excluding carboxylic acids is 1. The number of amides is 1. The molecule has 6 heteroatoms. The van der Waals surface area contributed by atoms with Crippen LogP contribution in [-0.4, -0.2) is 58.2 Å². The molecule has 2 fully saturated rings. The van der Waals surface area contributed by atoms with Gasteiger partial charge in [-0.1, -0.05) is 0 Å². The van der Waals surface area contributed by atoms with Crippen molar-refractivity contribution in [3.8, 4) is 0 Å². The second-order valence-corrected chi connectivity index (χ2v) is 6.32.